The maximum Gasteiger partial charge on any atom is 0.262 e. The van der Waals surface area contributed by atoms with E-state index in [-0.39, 0.29) is 35.6 Å². The summed E-state index contributed by atoms with van der Waals surface area (Å²) >= 11 is 0. The fourth-order valence-corrected chi connectivity index (χ4v) is 2.44. The van der Waals surface area contributed by atoms with Crippen molar-refractivity contribution in [2.24, 2.45) is 11.8 Å². The highest BCUT2D eigenvalue weighted by atomic mass is 16.6. The molecule has 6 nitrogen and oxygen atoms in total. The molecule has 0 aromatic rings. The number of hydrogen-bond donors (Lipinski definition) is 1. The summed E-state index contributed by atoms with van der Waals surface area (Å²) in [7, 11) is 0. The number of carbonyl (C=O) groups is 3. The van der Waals surface area contributed by atoms with Crippen LogP contribution in [0.4, 0.5) is 0 Å². The van der Waals surface area contributed by atoms with Crippen molar-refractivity contribution < 1.29 is 19.1 Å². The quantitative estimate of drug-likeness (QED) is 0.578. The zero-order valence-corrected chi connectivity index (χ0v) is 13.3. The number of imide groups is 1. The van der Waals surface area contributed by atoms with Gasteiger partial charge in [-0.25, -0.2) is 0 Å². The molecule has 0 unspecified atom stereocenters. The molecule has 0 aliphatic carbocycles. The Balaban J connectivity index is 2.13. The highest BCUT2D eigenvalue weighted by Crippen LogP contribution is 2.35. The molecular weight excluding hydrogens is 272 g/mol. The standard InChI is InChI=1S/C15H24N2O4/c1-7(2)6-10(13(18)16-9(5)8(3)4)17-14(19)11-12(21-11)15(17)20/h7-12H,6H2,1-5H3,(H,16,18)/t9-,10-,11-,12-/m0/s1. The van der Waals surface area contributed by atoms with Gasteiger partial charge in [0.05, 0.1) is 0 Å². The summed E-state index contributed by atoms with van der Waals surface area (Å²) in [6.07, 6.45) is -0.835. The fourth-order valence-electron chi connectivity index (χ4n) is 2.44. The van der Waals surface area contributed by atoms with Crippen LogP contribution in [0.3, 0.4) is 0 Å². The summed E-state index contributed by atoms with van der Waals surface area (Å²) in [6, 6.07) is -0.742. The van der Waals surface area contributed by atoms with Crippen LogP contribution in [-0.2, 0) is 19.1 Å². The molecule has 0 saturated carbocycles. The van der Waals surface area contributed by atoms with E-state index in [2.05, 4.69) is 5.32 Å². The lowest BCUT2D eigenvalue weighted by molar-refractivity contribution is -0.152. The van der Waals surface area contributed by atoms with Crippen LogP contribution < -0.4 is 5.32 Å². The third-order valence-electron chi connectivity index (χ3n) is 4.13. The van der Waals surface area contributed by atoms with Gasteiger partial charge in [0.2, 0.25) is 5.91 Å². The average Bonchev–Trinajstić information content (AvgIpc) is 3.12. The summed E-state index contributed by atoms with van der Waals surface area (Å²) < 4.78 is 4.99. The molecule has 2 saturated heterocycles. The molecular formula is C15H24N2O4. The number of ether oxygens (including phenoxy) is 1. The lowest BCUT2D eigenvalue weighted by Crippen LogP contribution is -2.54. The van der Waals surface area contributed by atoms with E-state index in [1.54, 1.807) is 0 Å². The van der Waals surface area contributed by atoms with Crippen molar-refractivity contribution in [3.05, 3.63) is 0 Å². The number of amides is 3. The average molecular weight is 296 g/mol. The van der Waals surface area contributed by atoms with Crippen molar-refractivity contribution in [2.75, 3.05) is 0 Å². The molecule has 2 heterocycles. The normalized spacial score (nSPS) is 27.1. The number of hydrogen-bond acceptors (Lipinski definition) is 4. The first-order chi connectivity index (χ1) is 9.73. The summed E-state index contributed by atoms with van der Waals surface area (Å²) in [5.74, 6) is -0.511. The molecule has 1 N–H and O–H groups in total. The Morgan fingerprint density at radius 1 is 1.14 bits per heavy atom. The molecule has 2 aliphatic rings. The molecule has 0 aromatic carbocycles. The van der Waals surface area contributed by atoms with Gasteiger partial charge in [-0.05, 0) is 25.2 Å². The number of nitrogens with zero attached hydrogens (tertiary/aromatic N) is 1. The van der Waals surface area contributed by atoms with E-state index in [0.29, 0.717) is 6.42 Å². The first-order valence-corrected chi connectivity index (χ1v) is 7.56. The molecule has 6 heteroatoms. The minimum atomic E-state index is -0.734. The molecule has 4 atom stereocenters. The molecule has 0 aromatic heterocycles. The topological polar surface area (TPSA) is 79.0 Å². The fraction of sp³-hybridized carbons (Fsp3) is 0.800. The third kappa shape index (κ3) is 3.10. The number of carbonyl (C=O) groups excluding carboxylic acids is 3. The number of likely N-dealkylation sites (tertiary alicyclic amines) is 1. The van der Waals surface area contributed by atoms with Crippen molar-refractivity contribution >= 4 is 17.7 Å². The molecule has 3 amide bonds. The van der Waals surface area contributed by atoms with E-state index in [1.807, 2.05) is 34.6 Å². The van der Waals surface area contributed by atoms with E-state index in [9.17, 15) is 14.4 Å². The van der Waals surface area contributed by atoms with Gasteiger partial charge in [-0.15, -0.1) is 0 Å². The van der Waals surface area contributed by atoms with Gasteiger partial charge < -0.3 is 10.1 Å². The Morgan fingerprint density at radius 3 is 2.10 bits per heavy atom. The Hall–Kier alpha value is -1.43. The van der Waals surface area contributed by atoms with Crippen LogP contribution >= 0.6 is 0 Å². The number of epoxide rings is 1. The molecule has 118 valence electrons. The number of morpholine rings is 1. The molecule has 2 fully saturated rings. The highest BCUT2D eigenvalue weighted by molar-refractivity contribution is 6.13. The second-order valence-corrected chi connectivity index (χ2v) is 6.71. The second kappa shape index (κ2) is 5.75. The zero-order valence-electron chi connectivity index (χ0n) is 13.3. The van der Waals surface area contributed by atoms with E-state index in [0.717, 1.165) is 4.90 Å². The van der Waals surface area contributed by atoms with Crippen LogP contribution in [0.2, 0.25) is 0 Å². The summed E-state index contributed by atoms with van der Waals surface area (Å²) in [6.45, 7) is 9.88. The van der Waals surface area contributed by atoms with Gasteiger partial charge in [0, 0.05) is 6.04 Å². The highest BCUT2D eigenvalue weighted by Gasteiger charge is 2.63. The Labute approximate surface area is 125 Å². The predicted octanol–water partition coefficient (Wildman–Crippen LogP) is 0.698. The van der Waals surface area contributed by atoms with Crippen molar-refractivity contribution in [1.82, 2.24) is 10.2 Å². The predicted molar refractivity (Wildman–Crippen MR) is 76.2 cm³/mol. The molecule has 0 bridgehead atoms. The van der Waals surface area contributed by atoms with Gasteiger partial charge in [-0.2, -0.15) is 0 Å². The van der Waals surface area contributed by atoms with Crippen LogP contribution in [0.15, 0.2) is 0 Å². The van der Waals surface area contributed by atoms with E-state index < -0.39 is 18.2 Å². The largest absolute Gasteiger partial charge is 0.352 e. The Kier molecular flexibility index (Phi) is 4.37. The monoisotopic (exact) mass is 296 g/mol. The molecule has 0 spiro atoms. The molecule has 21 heavy (non-hydrogen) atoms. The van der Waals surface area contributed by atoms with Crippen LogP contribution in [0, 0.1) is 11.8 Å². The van der Waals surface area contributed by atoms with Crippen LogP contribution in [0.25, 0.3) is 0 Å². The van der Waals surface area contributed by atoms with Crippen LogP contribution in [-0.4, -0.2) is 46.9 Å². The summed E-state index contributed by atoms with van der Waals surface area (Å²) in [5, 5.41) is 2.91. The maximum absolute atomic E-state index is 12.5. The number of rotatable bonds is 6. The first-order valence-electron chi connectivity index (χ1n) is 7.56. The van der Waals surface area contributed by atoms with Gasteiger partial charge in [-0.1, -0.05) is 27.7 Å². The number of nitrogens with one attached hydrogen (secondary N) is 1. The van der Waals surface area contributed by atoms with Crippen molar-refractivity contribution in [1.29, 1.82) is 0 Å². The van der Waals surface area contributed by atoms with E-state index in [4.69, 9.17) is 4.74 Å². The van der Waals surface area contributed by atoms with Crippen molar-refractivity contribution in [3.8, 4) is 0 Å². The minimum Gasteiger partial charge on any atom is -0.352 e. The zero-order chi connectivity index (χ0) is 15.9. The Morgan fingerprint density at radius 2 is 1.67 bits per heavy atom. The smallest absolute Gasteiger partial charge is 0.262 e. The lowest BCUT2D eigenvalue weighted by Gasteiger charge is -2.29. The van der Waals surface area contributed by atoms with Gasteiger partial charge >= 0.3 is 0 Å². The number of fused-ring (bicyclic) bond motifs is 1. The summed E-state index contributed by atoms with van der Waals surface area (Å²) in [5.41, 5.74) is 0. The second-order valence-electron chi connectivity index (χ2n) is 6.71. The van der Waals surface area contributed by atoms with E-state index >= 15 is 0 Å². The molecule has 2 rings (SSSR count). The van der Waals surface area contributed by atoms with Crippen LogP contribution in [0.5, 0.6) is 0 Å². The Bertz CT molecular complexity index is 441. The minimum absolute atomic E-state index is 0.00856. The maximum atomic E-state index is 12.5. The van der Waals surface area contributed by atoms with Gasteiger partial charge in [0.25, 0.3) is 11.8 Å². The SMILES string of the molecule is CC(C)C[C@@H](C(=O)N[C@@H](C)C(C)C)N1C(=O)[C@H]2O[C@@H]2C1=O. The van der Waals surface area contributed by atoms with Gasteiger partial charge in [0.15, 0.2) is 12.2 Å². The molecule has 2 aliphatic heterocycles. The van der Waals surface area contributed by atoms with E-state index in [1.165, 1.54) is 0 Å². The third-order valence-corrected chi connectivity index (χ3v) is 4.13. The molecule has 0 radical (unpaired) electrons. The van der Waals surface area contributed by atoms with Gasteiger partial charge in [0.1, 0.15) is 6.04 Å². The first kappa shape index (κ1) is 15.9. The van der Waals surface area contributed by atoms with Crippen molar-refractivity contribution in [3.63, 3.8) is 0 Å². The lowest BCUT2D eigenvalue weighted by atomic mass is 10.00. The van der Waals surface area contributed by atoms with Gasteiger partial charge in [-0.3, -0.25) is 19.3 Å². The summed E-state index contributed by atoms with van der Waals surface area (Å²) in [4.78, 5) is 37.8. The van der Waals surface area contributed by atoms with Crippen molar-refractivity contribution in [2.45, 2.75) is 65.3 Å². The van der Waals surface area contributed by atoms with Crippen LogP contribution in [0.1, 0.15) is 41.0 Å².